The minimum absolute atomic E-state index is 0.184. The van der Waals surface area contributed by atoms with E-state index < -0.39 is 0 Å². The van der Waals surface area contributed by atoms with E-state index in [1.165, 1.54) is 0 Å². The van der Waals surface area contributed by atoms with Gasteiger partial charge in [-0.3, -0.25) is 4.40 Å². The second-order valence-electron chi connectivity index (χ2n) is 6.39. The number of anilines is 1. The van der Waals surface area contributed by atoms with Crippen LogP contribution < -0.4 is 5.32 Å². The zero-order valence-corrected chi connectivity index (χ0v) is 13.3. The van der Waals surface area contributed by atoms with Crippen LogP contribution in [0.1, 0.15) is 39.8 Å². The van der Waals surface area contributed by atoms with Gasteiger partial charge in [-0.05, 0) is 36.8 Å². The van der Waals surface area contributed by atoms with E-state index in [4.69, 9.17) is 4.98 Å². The summed E-state index contributed by atoms with van der Waals surface area (Å²) in [6.45, 7) is 8.64. The van der Waals surface area contributed by atoms with E-state index in [0.717, 1.165) is 30.0 Å². The molecule has 112 valence electrons. The van der Waals surface area contributed by atoms with Crippen molar-refractivity contribution < 1.29 is 0 Å². The van der Waals surface area contributed by atoms with Crippen molar-refractivity contribution in [2.24, 2.45) is 11.8 Å². The lowest BCUT2D eigenvalue weighted by Gasteiger charge is -2.16. The zero-order valence-electron chi connectivity index (χ0n) is 13.3. The van der Waals surface area contributed by atoms with Crippen LogP contribution in [0, 0.1) is 23.2 Å². The van der Waals surface area contributed by atoms with Gasteiger partial charge in [0.05, 0.1) is 11.8 Å². The maximum Gasteiger partial charge on any atom is 0.138 e. The monoisotopic (exact) mass is 284 g/mol. The summed E-state index contributed by atoms with van der Waals surface area (Å²) >= 11 is 0. The molecule has 1 unspecified atom stereocenters. The van der Waals surface area contributed by atoms with Crippen molar-refractivity contribution in [2.75, 3.05) is 5.32 Å². The molecule has 0 amide bonds. The maximum atomic E-state index is 9.38. The van der Waals surface area contributed by atoms with Crippen molar-refractivity contribution in [1.29, 1.82) is 5.26 Å². The van der Waals surface area contributed by atoms with Crippen LogP contribution in [0.5, 0.6) is 0 Å². The minimum atomic E-state index is -0.184. The fourth-order valence-electron chi connectivity index (χ4n) is 2.51. The number of imidazole rings is 1. The molecule has 1 atom stereocenters. The van der Waals surface area contributed by atoms with E-state index in [0.29, 0.717) is 11.8 Å². The molecule has 0 aliphatic heterocycles. The third-order valence-corrected chi connectivity index (χ3v) is 3.38. The average Bonchev–Trinajstić information content (AvgIpc) is 2.74. The van der Waals surface area contributed by atoms with Crippen molar-refractivity contribution in [1.82, 2.24) is 9.38 Å². The van der Waals surface area contributed by atoms with Gasteiger partial charge in [-0.1, -0.05) is 33.8 Å². The average molecular weight is 284 g/mol. The highest BCUT2D eigenvalue weighted by Gasteiger charge is 2.17. The second-order valence-corrected chi connectivity index (χ2v) is 6.39. The molecule has 2 aromatic heterocycles. The lowest BCUT2D eigenvalue weighted by molar-refractivity contribution is 0.565. The Balaban J connectivity index is 2.37. The Morgan fingerprint density at radius 2 is 2.00 bits per heavy atom. The molecular weight excluding hydrogens is 260 g/mol. The molecular formula is C17H24N4. The lowest BCUT2D eigenvalue weighted by Crippen LogP contribution is -2.21. The Bertz CT molecular complexity index is 634. The Morgan fingerprint density at radius 1 is 1.24 bits per heavy atom. The normalized spacial score (nSPS) is 12.8. The summed E-state index contributed by atoms with van der Waals surface area (Å²) in [6, 6.07) is 8.16. The summed E-state index contributed by atoms with van der Waals surface area (Å²) in [5.74, 6) is 1.97. The first kappa shape index (κ1) is 15.4. The molecule has 4 heteroatoms. The summed E-state index contributed by atoms with van der Waals surface area (Å²) in [4.78, 5) is 4.71. The smallest absolute Gasteiger partial charge is 0.138 e. The zero-order chi connectivity index (χ0) is 15.4. The van der Waals surface area contributed by atoms with Crippen LogP contribution in [0.25, 0.3) is 5.65 Å². The summed E-state index contributed by atoms with van der Waals surface area (Å²) in [6.07, 6.45) is 3.74. The quantitative estimate of drug-likeness (QED) is 0.875. The van der Waals surface area contributed by atoms with Crippen molar-refractivity contribution in [3.05, 3.63) is 30.1 Å². The number of hydrogen-bond donors (Lipinski definition) is 1. The summed E-state index contributed by atoms with van der Waals surface area (Å²) in [5, 5.41) is 12.8. The predicted molar refractivity (Wildman–Crippen MR) is 86.2 cm³/mol. The van der Waals surface area contributed by atoms with Gasteiger partial charge in [-0.25, -0.2) is 4.98 Å². The molecule has 0 radical (unpaired) electrons. The number of nitrogens with zero attached hydrogens (tertiary/aromatic N) is 3. The molecule has 0 saturated carbocycles. The SMILES string of the molecule is CC(C)Cc1nc2ccccn2c1NC(C#N)CC(C)C. The number of nitriles is 1. The first-order valence-corrected chi connectivity index (χ1v) is 7.63. The Kier molecular flexibility index (Phi) is 4.85. The van der Waals surface area contributed by atoms with Gasteiger partial charge in [0.2, 0.25) is 0 Å². The van der Waals surface area contributed by atoms with Gasteiger partial charge in [0, 0.05) is 6.20 Å². The van der Waals surface area contributed by atoms with Crippen LogP contribution in [0.3, 0.4) is 0 Å². The van der Waals surface area contributed by atoms with Crippen LogP contribution in [0.4, 0.5) is 5.82 Å². The van der Waals surface area contributed by atoms with Crippen LogP contribution >= 0.6 is 0 Å². The molecule has 2 rings (SSSR count). The topological polar surface area (TPSA) is 53.1 Å². The van der Waals surface area contributed by atoms with Gasteiger partial charge in [-0.2, -0.15) is 5.26 Å². The van der Waals surface area contributed by atoms with Crippen molar-refractivity contribution in [3.63, 3.8) is 0 Å². The van der Waals surface area contributed by atoms with Crippen molar-refractivity contribution in [2.45, 2.75) is 46.6 Å². The van der Waals surface area contributed by atoms with Gasteiger partial charge in [0.25, 0.3) is 0 Å². The highest BCUT2D eigenvalue weighted by molar-refractivity contribution is 5.56. The summed E-state index contributed by atoms with van der Waals surface area (Å²) < 4.78 is 2.04. The Labute approximate surface area is 126 Å². The number of pyridine rings is 1. The molecule has 0 saturated heterocycles. The fourth-order valence-corrected chi connectivity index (χ4v) is 2.51. The molecule has 1 N–H and O–H groups in total. The number of fused-ring (bicyclic) bond motifs is 1. The molecule has 2 aromatic rings. The predicted octanol–water partition coefficient (Wildman–Crippen LogP) is 3.88. The van der Waals surface area contributed by atoms with Crippen molar-refractivity contribution in [3.8, 4) is 6.07 Å². The lowest BCUT2D eigenvalue weighted by atomic mass is 10.0. The van der Waals surface area contributed by atoms with Crippen LogP contribution in [-0.4, -0.2) is 15.4 Å². The van der Waals surface area contributed by atoms with Gasteiger partial charge in [0.1, 0.15) is 17.5 Å². The third-order valence-electron chi connectivity index (χ3n) is 3.38. The van der Waals surface area contributed by atoms with E-state index in [1.54, 1.807) is 0 Å². The highest BCUT2D eigenvalue weighted by atomic mass is 15.1. The van der Waals surface area contributed by atoms with E-state index >= 15 is 0 Å². The Morgan fingerprint density at radius 3 is 2.62 bits per heavy atom. The number of rotatable bonds is 6. The van der Waals surface area contributed by atoms with E-state index in [2.05, 4.69) is 39.1 Å². The summed E-state index contributed by atoms with van der Waals surface area (Å²) in [5.41, 5.74) is 1.97. The maximum absolute atomic E-state index is 9.38. The van der Waals surface area contributed by atoms with E-state index in [1.807, 2.05) is 28.8 Å². The van der Waals surface area contributed by atoms with Crippen LogP contribution in [0.15, 0.2) is 24.4 Å². The Hall–Kier alpha value is -2.02. The highest BCUT2D eigenvalue weighted by Crippen LogP contribution is 2.23. The number of nitrogens with one attached hydrogen (secondary N) is 1. The summed E-state index contributed by atoms with van der Waals surface area (Å²) in [7, 11) is 0. The molecule has 0 aliphatic rings. The molecule has 4 nitrogen and oxygen atoms in total. The van der Waals surface area contributed by atoms with Gasteiger partial charge < -0.3 is 5.32 Å². The van der Waals surface area contributed by atoms with Crippen molar-refractivity contribution >= 4 is 11.5 Å². The molecule has 0 fully saturated rings. The molecule has 0 aliphatic carbocycles. The molecule has 0 spiro atoms. The fraction of sp³-hybridized carbons (Fsp3) is 0.529. The second kappa shape index (κ2) is 6.62. The molecule has 0 bridgehead atoms. The van der Waals surface area contributed by atoms with Gasteiger partial charge in [-0.15, -0.1) is 0 Å². The largest absolute Gasteiger partial charge is 0.354 e. The number of hydrogen-bond acceptors (Lipinski definition) is 3. The standard InChI is InChI=1S/C17H24N4/c1-12(2)9-14(11-18)19-17-15(10-13(3)4)20-16-7-5-6-8-21(16)17/h5-8,12-14,19H,9-10H2,1-4H3. The van der Waals surface area contributed by atoms with Gasteiger partial charge in [0.15, 0.2) is 0 Å². The van der Waals surface area contributed by atoms with E-state index in [9.17, 15) is 5.26 Å². The minimum Gasteiger partial charge on any atom is -0.354 e. The third kappa shape index (κ3) is 3.75. The first-order chi connectivity index (χ1) is 10.0. The molecule has 21 heavy (non-hydrogen) atoms. The molecule has 0 aromatic carbocycles. The van der Waals surface area contributed by atoms with Crippen LogP contribution in [0.2, 0.25) is 0 Å². The van der Waals surface area contributed by atoms with Crippen LogP contribution in [-0.2, 0) is 6.42 Å². The molecule has 2 heterocycles. The number of aromatic nitrogens is 2. The van der Waals surface area contributed by atoms with E-state index in [-0.39, 0.29) is 6.04 Å². The van der Waals surface area contributed by atoms with Gasteiger partial charge >= 0.3 is 0 Å². The first-order valence-electron chi connectivity index (χ1n) is 7.63.